The summed E-state index contributed by atoms with van der Waals surface area (Å²) in [4.78, 5) is 22.7. The lowest BCUT2D eigenvalue weighted by molar-refractivity contribution is -0.121. The summed E-state index contributed by atoms with van der Waals surface area (Å²) in [5, 5.41) is 0.234. The number of fused-ring (bicyclic) bond motifs is 1. The van der Waals surface area contributed by atoms with Crippen molar-refractivity contribution in [2.75, 3.05) is 0 Å². The van der Waals surface area contributed by atoms with Crippen molar-refractivity contribution in [2.24, 2.45) is 5.84 Å². The standard InChI is InChI=1S/C11H10FN3O2/c12-7-1-2-9-8(5-7)10(16)3-4-15(9)6-11(17)14-13/h1-5H,6,13H2,(H,14,17). The Morgan fingerprint density at radius 1 is 1.41 bits per heavy atom. The molecule has 2 rings (SSSR count). The first-order chi connectivity index (χ1) is 8.11. The first-order valence-electron chi connectivity index (χ1n) is 4.90. The zero-order valence-electron chi connectivity index (χ0n) is 8.81. The second-order valence-electron chi connectivity index (χ2n) is 3.54. The molecule has 0 aliphatic rings. The van der Waals surface area contributed by atoms with E-state index in [-0.39, 0.29) is 17.4 Å². The number of amides is 1. The third-order valence-corrected chi connectivity index (χ3v) is 2.41. The summed E-state index contributed by atoms with van der Waals surface area (Å²) in [5.41, 5.74) is 2.19. The highest BCUT2D eigenvalue weighted by Crippen LogP contribution is 2.11. The molecule has 0 aliphatic carbocycles. The maximum absolute atomic E-state index is 13.0. The van der Waals surface area contributed by atoms with Crippen molar-refractivity contribution in [3.63, 3.8) is 0 Å². The summed E-state index contributed by atoms with van der Waals surface area (Å²) in [6.07, 6.45) is 1.47. The van der Waals surface area contributed by atoms with Crippen molar-refractivity contribution in [3.05, 3.63) is 46.5 Å². The van der Waals surface area contributed by atoms with E-state index in [9.17, 15) is 14.0 Å². The number of nitrogens with two attached hydrogens (primary N) is 1. The van der Waals surface area contributed by atoms with Crippen LogP contribution in [0.25, 0.3) is 10.9 Å². The van der Waals surface area contributed by atoms with Gasteiger partial charge in [-0.2, -0.15) is 0 Å². The van der Waals surface area contributed by atoms with Crippen LogP contribution in [-0.4, -0.2) is 10.5 Å². The van der Waals surface area contributed by atoms with Crippen molar-refractivity contribution in [2.45, 2.75) is 6.54 Å². The summed E-state index contributed by atoms with van der Waals surface area (Å²) >= 11 is 0. The minimum absolute atomic E-state index is 0.0289. The number of nitrogens with zero attached hydrogens (tertiary/aromatic N) is 1. The molecule has 6 heteroatoms. The van der Waals surface area contributed by atoms with Gasteiger partial charge in [-0.3, -0.25) is 15.0 Å². The van der Waals surface area contributed by atoms with Crippen LogP contribution in [0.4, 0.5) is 4.39 Å². The quantitative estimate of drug-likeness (QED) is 0.441. The lowest BCUT2D eigenvalue weighted by Gasteiger charge is -2.09. The minimum Gasteiger partial charge on any atom is -0.338 e. The van der Waals surface area contributed by atoms with Crippen molar-refractivity contribution in [1.82, 2.24) is 9.99 Å². The fraction of sp³-hybridized carbons (Fsp3) is 0.0909. The number of pyridine rings is 1. The van der Waals surface area contributed by atoms with E-state index >= 15 is 0 Å². The monoisotopic (exact) mass is 235 g/mol. The molecule has 0 radical (unpaired) electrons. The lowest BCUT2D eigenvalue weighted by atomic mass is 10.2. The Labute approximate surface area is 95.6 Å². The zero-order valence-corrected chi connectivity index (χ0v) is 8.81. The van der Waals surface area contributed by atoms with E-state index in [2.05, 4.69) is 0 Å². The van der Waals surface area contributed by atoms with Crippen LogP contribution in [0.1, 0.15) is 0 Å². The number of benzene rings is 1. The molecule has 3 N–H and O–H groups in total. The molecule has 0 aliphatic heterocycles. The predicted molar refractivity (Wildman–Crippen MR) is 60.5 cm³/mol. The van der Waals surface area contributed by atoms with Gasteiger partial charge in [0.05, 0.1) is 5.52 Å². The van der Waals surface area contributed by atoms with Gasteiger partial charge in [0, 0.05) is 17.6 Å². The van der Waals surface area contributed by atoms with Crippen LogP contribution in [-0.2, 0) is 11.3 Å². The summed E-state index contributed by atoms with van der Waals surface area (Å²) in [7, 11) is 0. The van der Waals surface area contributed by atoms with Gasteiger partial charge in [0.1, 0.15) is 12.4 Å². The van der Waals surface area contributed by atoms with Crippen LogP contribution in [0.5, 0.6) is 0 Å². The molecule has 1 heterocycles. The number of hydrogen-bond donors (Lipinski definition) is 2. The smallest absolute Gasteiger partial charge is 0.253 e. The van der Waals surface area contributed by atoms with Crippen LogP contribution >= 0.6 is 0 Å². The third-order valence-electron chi connectivity index (χ3n) is 2.41. The highest BCUT2D eigenvalue weighted by molar-refractivity contribution is 5.82. The van der Waals surface area contributed by atoms with E-state index in [1.807, 2.05) is 5.43 Å². The highest BCUT2D eigenvalue weighted by atomic mass is 19.1. The minimum atomic E-state index is -0.490. The van der Waals surface area contributed by atoms with E-state index in [0.717, 1.165) is 6.07 Å². The van der Waals surface area contributed by atoms with Gasteiger partial charge in [-0.25, -0.2) is 10.2 Å². The average Bonchev–Trinajstić information content (AvgIpc) is 2.33. The van der Waals surface area contributed by atoms with Crippen LogP contribution in [0.3, 0.4) is 0 Å². The number of halogens is 1. The number of hydrazine groups is 1. The van der Waals surface area contributed by atoms with Gasteiger partial charge in [0.15, 0.2) is 5.43 Å². The molecule has 1 aromatic carbocycles. The first-order valence-corrected chi connectivity index (χ1v) is 4.90. The van der Waals surface area contributed by atoms with Gasteiger partial charge in [0.25, 0.3) is 5.91 Å². The molecule has 0 atom stereocenters. The molecular formula is C11H10FN3O2. The van der Waals surface area contributed by atoms with Gasteiger partial charge in [-0.15, -0.1) is 0 Å². The highest BCUT2D eigenvalue weighted by Gasteiger charge is 2.06. The molecule has 0 saturated heterocycles. The Morgan fingerprint density at radius 3 is 2.88 bits per heavy atom. The van der Waals surface area contributed by atoms with Gasteiger partial charge < -0.3 is 4.57 Å². The fourth-order valence-electron chi connectivity index (χ4n) is 1.62. The third kappa shape index (κ3) is 2.16. The normalized spacial score (nSPS) is 10.5. The largest absolute Gasteiger partial charge is 0.338 e. The lowest BCUT2D eigenvalue weighted by Crippen LogP contribution is -2.33. The van der Waals surface area contributed by atoms with Crippen molar-refractivity contribution < 1.29 is 9.18 Å². The van der Waals surface area contributed by atoms with E-state index in [1.165, 1.54) is 29.0 Å². The van der Waals surface area contributed by atoms with Crippen LogP contribution < -0.4 is 16.7 Å². The van der Waals surface area contributed by atoms with Crippen LogP contribution in [0.2, 0.25) is 0 Å². The second-order valence-corrected chi connectivity index (χ2v) is 3.54. The average molecular weight is 235 g/mol. The van der Waals surface area contributed by atoms with E-state index in [4.69, 9.17) is 5.84 Å². The van der Waals surface area contributed by atoms with Gasteiger partial charge in [-0.1, -0.05) is 0 Å². The van der Waals surface area contributed by atoms with Crippen LogP contribution in [0, 0.1) is 5.82 Å². The van der Waals surface area contributed by atoms with E-state index in [1.54, 1.807) is 0 Å². The first kappa shape index (κ1) is 11.3. The molecule has 1 aromatic heterocycles. The number of hydrogen-bond acceptors (Lipinski definition) is 3. The Hall–Kier alpha value is -2.21. The molecule has 0 spiro atoms. The molecule has 0 saturated carbocycles. The molecule has 2 aromatic rings. The van der Waals surface area contributed by atoms with Crippen molar-refractivity contribution in [3.8, 4) is 0 Å². The Morgan fingerprint density at radius 2 is 2.18 bits per heavy atom. The van der Waals surface area contributed by atoms with Gasteiger partial charge in [-0.05, 0) is 18.2 Å². The number of carbonyl (C=O) groups is 1. The summed E-state index contributed by atoms with van der Waals surface area (Å²) < 4.78 is 14.6. The number of aromatic nitrogens is 1. The van der Waals surface area contributed by atoms with Crippen LogP contribution in [0.15, 0.2) is 35.3 Å². The molecule has 1 amide bonds. The van der Waals surface area contributed by atoms with Crippen molar-refractivity contribution in [1.29, 1.82) is 0 Å². The van der Waals surface area contributed by atoms with E-state index < -0.39 is 11.7 Å². The number of carbonyl (C=O) groups excluding carboxylic acids is 1. The Kier molecular flexibility index (Phi) is 2.88. The molecule has 0 unspecified atom stereocenters. The maximum atomic E-state index is 13.0. The molecular weight excluding hydrogens is 225 g/mol. The summed E-state index contributed by atoms with van der Waals surface area (Å²) in [5.74, 6) is 4.09. The van der Waals surface area contributed by atoms with Gasteiger partial charge >= 0.3 is 0 Å². The predicted octanol–water partition coefficient (Wildman–Crippen LogP) is 0.130. The maximum Gasteiger partial charge on any atom is 0.253 e. The fourth-order valence-corrected chi connectivity index (χ4v) is 1.62. The van der Waals surface area contributed by atoms with E-state index in [0.29, 0.717) is 5.52 Å². The molecule has 17 heavy (non-hydrogen) atoms. The number of nitrogens with one attached hydrogen (secondary N) is 1. The molecule has 88 valence electrons. The Balaban J connectivity index is 2.62. The summed E-state index contributed by atoms with van der Waals surface area (Å²) in [6, 6.07) is 5.12. The topological polar surface area (TPSA) is 77.1 Å². The molecule has 0 fully saturated rings. The zero-order chi connectivity index (χ0) is 12.4. The summed E-state index contributed by atoms with van der Waals surface area (Å²) in [6.45, 7) is -0.0289. The Bertz CT molecular complexity index is 636. The second kappa shape index (κ2) is 4.34. The molecule has 5 nitrogen and oxygen atoms in total. The number of rotatable bonds is 2. The van der Waals surface area contributed by atoms with Crippen molar-refractivity contribution >= 4 is 16.8 Å². The van der Waals surface area contributed by atoms with Gasteiger partial charge in [0.2, 0.25) is 0 Å². The molecule has 0 bridgehead atoms. The SMILES string of the molecule is NNC(=O)Cn1ccc(=O)c2cc(F)ccc21.